The van der Waals surface area contributed by atoms with Crippen molar-refractivity contribution in [2.75, 3.05) is 0 Å². The largest absolute Gasteiger partial charge is 0.462 e. The molecule has 1 aliphatic heterocycles. The molecule has 0 N–H and O–H groups in total. The van der Waals surface area contributed by atoms with Gasteiger partial charge in [-0.1, -0.05) is 0 Å². The molecule has 54 valence electrons. The van der Waals surface area contributed by atoms with E-state index in [0.29, 0.717) is 17.9 Å². The molecular formula is C8H10O2. The summed E-state index contributed by atoms with van der Waals surface area (Å²) >= 11 is 0. The van der Waals surface area contributed by atoms with Crippen LogP contribution in [0.4, 0.5) is 0 Å². The van der Waals surface area contributed by atoms with E-state index in [1.54, 1.807) is 0 Å². The quantitative estimate of drug-likeness (QED) is 0.466. The summed E-state index contributed by atoms with van der Waals surface area (Å²) in [7, 11) is 0. The van der Waals surface area contributed by atoms with Crippen molar-refractivity contribution in [3.8, 4) is 0 Å². The summed E-state index contributed by atoms with van der Waals surface area (Å²) in [5, 5.41) is 0. The van der Waals surface area contributed by atoms with Gasteiger partial charge >= 0.3 is 5.97 Å². The standard InChI is InChI=1S/C8H10O2/c9-8-6-2-4-1-5(6)7(3-4)10-8/h4-7H,1-3H2/t4-,5-,6-,7-/m1/s1. The van der Waals surface area contributed by atoms with Gasteiger partial charge in [0, 0.05) is 5.92 Å². The van der Waals surface area contributed by atoms with Crippen LogP contribution >= 0.6 is 0 Å². The zero-order chi connectivity index (χ0) is 6.72. The molecule has 0 aromatic carbocycles. The molecule has 2 saturated carbocycles. The van der Waals surface area contributed by atoms with Crippen LogP contribution in [0.5, 0.6) is 0 Å². The lowest BCUT2D eigenvalue weighted by molar-refractivity contribution is -0.143. The fourth-order valence-electron chi connectivity index (χ4n) is 2.93. The van der Waals surface area contributed by atoms with E-state index in [1.807, 2.05) is 0 Å². The maximum Gasteiger partial charge on any atom is 0.309 e. The van der Waals surface area contributed by atoms with Gasteiger partial charge in [0.2, 0.25) is 0 Å². The fraction of sp³-hybridized carbons (Fsp3) is 0.875. The second-order valence-corrected chi connectivity index (χ2v) is 3.82. The monoisotopic (exact) mass is 138 g/mol. The fourth-order valence-corrected chi connectivity index (χ4v) is 2.93. The van der Waals surface area contributed by atoms with Gasteiger partial charge < -0.3 is 4.74 Å². The van der Waals surface area contributed by atoms with Crippen LogP contribution in [-0.2, 0) is 9.53 Å². The maximum absolute atomic E-state index is 11.1. The van der Waals surface area contributed by atoms with Crippen molar-refractivity contribution in [3.05, 3.63) is 0 Å². The summed E-state index contributed by atoms with van der Waals surface area (Å²) in [5.41, 5.74) is 0. The third kappa shape index (κ3) is 0.414. The molecule has 2 bridgehead atoms. The third-order valence-corrected chi connectivity index (χ3v) is 3.32. The highest BCUT2D eigenvalue weighted by Gasteiger charge is 2.56. The Morgan fingerprint density at radius 2 is 2.20 bits per heavy atom. The molecule has 1 heterocycles. The highest BCUT2D eigenvalue weighted by Crippen LogP contribution is 2.54. The van der Waals surface area contributed by atoms with Gasteiger partial charge in [-0.15, -0.1) is 0 Å². The van der Waals surface area contributed by atoms with Gasteiger partial charge in [-0.3, -0.25) is 4.79 Å². The van der Waals surface area contributed by atoms with Gasteiger partial charge in [-0.05, 0) is 25.2 Å². The van der Waals surface area contributed by atoms with Crippen molar-refractivity contribution in [2.24, 2.45) is 17.8 Å². The van der Waals surface area contributed by atoms with Crippen molar-refractivity contribution in [1.29, 1.82) is 0 Å². The average Bonchev–Trinajstić information content (AvgIpc) is 2.44. The zero-order valence-corrected chi connectivity index (χ0v) is 5.75. The van der Waals surface area contributed by atoms with Crippen molar-refractivity contribution in [1.82, 2.24) is 0 Å². The SMILES string of the molecule is O=C1O[C@@H]2C[C@@H]3C[C@@H]2[C@H]1C3. The number of hydrogen-bond acceptors (Lipinski definition) is 2. The van der Waals surface area contributed by atoms with Crippen LogP contribution in [0.25, 0.3) is 0 Å². The molecule has 3 rings (SSSR count). The van der Waals surface area contributed by atoms with E-state index in [9.17, 15) is 4.79 Å². The number of rotatable bonds is 0. The Kier molecular flexibility index (Phi) is 0.715. The van der Waals surface area contributed by atoms with Crippen LogP contribution in [0.15, 0.2) is 0 Å². The van der Waals surface area contributed by atoms with Crippen molar-refractivity contribution in [2.45, 2.75) is 25.4 Å². The summed E-state index contributed by atoms with van der Waals surface area (Å²) in [6, 6.07) is 0. The molecule has 0 unspecified atom stereocenters. The molecule has 10 heavy (non-hydrogen) atoms. The lowest BCUT2D eigenvalue weighted by Crippen LogP contribution is -2.15. The molecular weight excluding hydrogens is 128 g/mol. The summed E-state index contributed by atoms with van der Waals surface area (Å²) in [5.74, 6) is 1.85. The summed E-state index contributed by atoms with van der Waals surface area (Å²) in [6.45, 7) is 0. The Bertz CT molecular complexity index is 197. The van der Waals surface area contributed by atoms with E-state index in [2.05, 4.69) is 0 Å². The van der Waals surface area contributed by atoms with Gasteiger partial charge in [-0.25, -0.2) is 0 Å². The number of fused-ring (bicyclic) bond motifs is 1. The van der Waals surface area contributed by atoms with Crippen LogP contribution in [0.3, 0.4) is 0 Å². The smallest absolute Gasteiger partial charge is 0.309 e. The first-order valence-electron chi connectivity index (χ1n) is 4.05. The van der Waals surface area contributed by atoms with E-state index >= 15 is 0 Å². The Hall–Kier alpha value is -0.530. The Labute approximate surface area is 59.6 Å². The van der Waals surface area contributed by atoms with Crippen LogP contribution in [0, 0.1) is 17.8 Å². The topological polar surface area (TPSA) is 26.3 Å². The van der Waals surface area contributed by atoms with E-state index in [0.717, 1.165) is 18.8 Å². The maximum atomic E-state index is 11.1. The number of hydrogen-bond donors (Lipinski definition) is 0. The predicted molar refractivity (Wildman–Crippen MR) is 34.2 cm³/mol. The first-order valence-corrected chi connectivity index (χ1v) is 4.05. The van der Waals surface area contributed by atoms with Gasteiger partial charge in [0.05, 0.1) is 5.92 Å². The van der Waals surface area contributed by atoms with Gasteiger partial charge in [0.25, 0.3) is 0 Å². The summed E-state index contributed by atoms with van der Waals surface area (Å²) in [6.07, 6.45) is 3.88. The first-order chi connectivity index (χ1) is 4.84. The molecule has 0 radical (unpaired) electrons. The second-order valence-electron chi connectivity index (χ2n) is 3.82. The summed E-state index contributed by atoms with van der Waals surface area (Å²) < 4.78 is 5.20. The number of ether oxygens (including phenoxy) is 1. The average molecular weight is 138 g/mol. The van der Waals surface area contributed by atoms with Crippen molar-refractivity contribution in [3.63, 3.8) is 0 Å². The number of esters is 1. The Morgan fingerprint density at radius 3 is 2.80 bits per heavy atom. The van der Waals surface area contributed by atoms with Crippen molar-refractivity contribution >= 4 is 5.97 Å². The third-order valence-electron chi connectivity index (χ3n) is 3.32. The summed E-state index contributed by atoms with van der Waals surface area (Å²) in [4.78, 5) is 11.1. The van der Waals surface area contributed by atoms with Gasteiger partial charge in [0.1, 0.15) is 6.10 Å². The minimum Gasteiger partial charge on any atom is -0.462 e. The van der Waals surface area contributed by atoms with Crippen LogP contribution in [-0.4, -0.2) is 12.1 Å². The Morgan fingerprint density at radius 1 is 1.30 bits per heavy atom. The molecule has 3 aliphatic rings. The van der Waals surface area contributed by atoms with Crippen LogP contribution in [0.2, 0.25) is 0 Å². The number of carbonyl (C=O) groups is 1. The van der Waals surface area contributed by atoms with E-state index in [-0.39, 0.29) is 5.97 Å². The van der Waals surface area contributed by atoms with Crippen molar-refractivity contribution < 1.29 is 9.53 Å². The highest BCUT2D eigenvalue weighted by molar-refractivity contribution is 5.76. The number of carbonyl (C=O) groups excluding carboxylic acids is 1. The molecule has 4 atom stereocenters. The molecule has 1 saturated heterocycles. The molecule has 2 nitrogen and oxygen atoms in total. The van der Waals surface area contributed by atoms with E-state index in [4.69, 9.17) is 4.74 Å². The first kappa shape index (κ1) is 5.16. The lowest BCUT2D eigenvalue weighted by atomic mass is 9.90. The van der Waals surface area contributed by atoms with E-state index < -0.39 is 0 Å². The van der Waals surface area contributed by atoms with Crippen LogP contribution in [0.1, 0.15) is 19.3 Å². The van der Waals surface area contributed by atoms with Gasteiger partial charge in [0.15, 0.2) is 0 Å². The predicted octanol–water partition coefficient (Wildman–Crippen LogP) is 0.958. The van der Waals surface area contributed by atoms with Gasteiger partial charge in [-0.2, -0.15) is 0 Å². The van der Waals surface area contributed by atoms with E-state index in [1.165, 1.54) is 6.42 Å². The molecule has 2 aliphatic carbocycles. The highest BCUT2D eigenvalue weighted by atomic mass is 16.6. The molecule has 3 fully saturated rings. The lowest BCUT2D eigenvalue weighted by Gasteiger charge is -2.11. The molecule has 0 aromatic heterocycles. The minimum absolute atomic E-state index is 0.0926. The zero-order valence-electron chi connectivity index (χ0n) is 5.75. The van der Waals surface area contributed by atoms with Crippen LogP contribution < -0.4 is 0 Å². The second kappa shape index (κ2) is 1.39. The molecule has 0 amide bonds. The molecule has 2 heteroatoms. The molecule has 0 spiro atoms. The normalized spacial score (nSPS) is 55.8. The Balaban J connectivity index is 2.05. The minimum atomic E-state index is 0.0926. The molecule has 0 aromatic rings.